The smallest absolute Gasteiger partial charge is 0.228 e. The van der Waals surface area contributed by atoms with Gasteiger partial charge in [-0.25, -0.2) is 0 Å². The predicted molar refractivity (Wildman–Crippen MR) is 97.0 cm³/mol. The molecule has 0 bridgehead atoms. The van der Waals surface area contributed by atoms with Crippen LogP contribution in [-0.2, 0) is 11.2 Å². The average Bonchev–Trinajstić information content (AvgIpc) is 2.94. The van der Waals surface area contributed by atoms with Crippen molar-refractivity contribution in [3.63, 3.8) is 0 Å². The predicted octanol–water partition coefficient (Wildman–Crippen LogP) is 3.24. The second-order valence-electron chi connectivity index (χ2n) is 7.23. The van der Waals surface area contributed by atoms with E-state index in [2.05, 4.69) is 48.7 Å². The highest BCUT2D eigenvalue weighted by atomic mass is 35.5. The van der Waals surface area contributed by atoms with E-state index in [1.54, 1.807) is 0 Å². The highest BCUT2D eigenvalue weighted by Crippen LogP contribution is 2.43. The Balaban J connectivity index is 0.00000192. The van der Waals surface area contributed by atoms with E-state index >= 15 is 0 Å². The van der Waals surface area contributed by atoms with Gasteiger partial charge in [0.2, 0.25) is 5.91 Å². The van der Waals surface area contributed by atoms with Crippen LogP contribution in [0.15, 0.2) is 24.3 Å². The van der Waals surface area contributed by atoms with Crippen molar-refractivity contribution < 1.29 is 4.79 Å². The van der Waals surface area contributed by atoms with Crippen molar-refractivity contribution in [3.05, 3.63) is 35.4 Å². The molecule has 2 N–H and O–H groups in total. The van der Waals surface area contributed by atoms with Crippen molar-refractivity contribution in [2.75, 3.05) is 13.1 Å². The summed E-state index contributed by atoms with van der Waals surface area (Å²) in [6.45, 7) is 6.14. The van der Waals surface area contributed by atoms with Crippen molar-refractivity contribution in [2.45, 2.75) is 52.0 Å². The summed E-state index contributed by atoms with van der Waals surface area (Å²) >= 11 is 0. The molecule has 0 spiro atoms. The summed E-state index contributed by atoms with van der Waals surface area (Å²) < 4.78 is 0. The van der Waals surface area contributed by atoms with E-state index in [0.717, 1.165) is 25.9 Å². The Hall–Kier alpha value is -1.06. The maximum absolute atomic E-state index is 12.9. The van der Waals surface area contributed by atoms with Crippen molar-refractivity contribution in [3.8, 4) is 0 Å². The van der Waals surface area contributed by atoms with Gasteiger partial charge in [0.05, 0.1) is 5.41 Å². The van der Waals surface area contributed by atoms with Gasteiger partial charge in [0, 0.05) is 12.6 Å². The summed E-state index contributed by atoms with van der Waals surface area (Å²) in [6, 6.07) is 8.63. The molecule has 1 aromatic rings. The molecule has 1 saturated heterocycles. The maximum atomic E-state index is 12.9. The SMILES string of the molecule is Cc1ccccc1CC(C)NC(=O)[C@@]12CCCC[C@H]1CNC2.Cl. The summed E-state index contributed by atoms with van der Waals surface area (Å²) in [5, 5.41) is 6.77. The molecule has 1 aliphatic heterocycles. The minimum atomic E-state index is -0.141. The van der Waals surface area contributed by atoms with E-state index in [9.17, 15) is 4.79 Å². The highest BCUT2D eigenvalue weighted by Gasteiger charge is 2.49. The van der Waals surface area contributed by atoms with Gasteiger partial charge in [-0.1, -0.05) is 37.1 Å². The zero-order chi connectivity index (χ0) is 15.6. The minimum Gasteiger partial charge on any atom is -0.353 e. The van der Waals surface area contributed by atoms with Crippen LogP contribution in [0.25, 0.3) is 0 Å². The van der Waals surface area contributed by atoms with E-state index in [-0.39, 0.29) is 29.8 Å². The lowest BCUT2D eigenvalue weighted by Crippen LogP contribution is -2.50. The number of carbonyl (C=O) groups is 1. The highest BCUT2D eigenvalue weighted by molar-refractivity contribution is 5.85. The topological polar surface area (TPSA) is 41.1 Å². The molecule has 1 heterocycles. The average molecular weight is 337 g/mol. The summed E-state index contributed by atoms with van der Waals surface area (Å²) in [5.74, 6) is 0.815. The molecule has 0 aromatic heterocycles. The van der Waals surface area contributed by atoms with E-state index in [4.69, 9.17) is 0 Å². The third kappa shape index (κ3) is 3.72. The van der Waals surface area contributed by atoms with Gasteiger partial charge in [-0.15, -0.1) is 12.4 Å². The first-order valence-corrected chi connectivity index (χ1v) is 8.68. The Kier molecular flexibility index (Phi) is 6.10. The minimum absolute atomic E-state index is 0. The molecular weight excluding hydrogens is 308 g/mol. The quantitative estimate of drug-likeness (QED) is 0.886. The van der Waals surface area contributed by atoms with Gasteiger partial charge in [-0.05, 0) is 56.7 Å². The lowest BCUT2D eigenvalue weighted by molar-refractivity contribution is -0.134. The van der Waals surface area contributed by atoms with E-state index in [1.165, 1.54) is 30.4 Å². The normalized spacial score (nSPS) is 27.7. The summed E-state index contributed by atoms with van der Waals surface area (Å²) in [6.07, 6.45) is 5.63. The Morgan fingerprint density at radius 1 is 1.39 bits per heavy atom. The van der Waals surface area contributed by atoms with Crippen LogP contribution in [0, 0.1) is 18.3 Å². The van der Waals surface area contributed by atoms with E-state index < -0.39 is 0 Å². The number of rotatable bonds is 4. The molecule has 128 valence electrons. The number of hydrogen-bond donors (Lipinski definition) is 2. The van der Waals surface area contributed by atoms with Gasteiger partial charge in [-0.3, -0.25) is 4.79 Å². The number of halogens is 1. The second-order valence-corrected chi connectivity index (χ2v) is 7.23. The zero-order valence-electron chi connectivity index (χ0n) is 14.2. The first kappa shape index (κ1) is 18.3. The molecular formula is C19H29ClN2O. The fourth-order valence-corrected chi connectivity index (χ4v) is 4.28. The van der Waals surface area contributed by atoms with Gasteiger partial charge < -0.3 is 10.6 Å². The first-order valence-electron chi connectivity index (χ1n) is 8.68. The van der Waals surface area contributed by atoms with Crippen LogP contribution in [0.5, 0.6) is 0 Å². The van der Waals surface area contributed by atoms with Gasteiger partial charge in [-0.2, -0.15) is 0 Å². The molecule has 2 fully saturated rings. The Morgan fingerprint density at radius 2 is 2.17 bits per heavy atom. The molecule has 1 saturated carbocycles. The number of hydrogen-bond acceptors (Lipinski definition) is 2. The number of benzene rings is 1. The fourth-order valence-electron chi connectivity index (χ4n) is 4.28. The van der Waals surface area contributed by atoms with Crippen molar-refractivity contribution >= 4 is 18.3 Å². The van der Waals surface area contributed by atoms with Gasteiger partial charge in [0.25, 0.3) is 0 Å². The van der Waals surface area contributed by atoms with Gasteiger partial charge in [0.1, 0.15) is 0 Å². The van der Waals surface area contributed by atoms with Crippen LogP contribution in [0.2, 0.25) is 0 Å². The van der Waals surface area contributed by atoms with Gasteiger partial charge in [0.15, 0.2) is 0 Å². The largest absolute Gasteiger partial charge is 0.353 e. The van der Waals surface area contributed by atoms with Gasteiger partial charge >= 0.3 is 0 Å². The molecule has 0 radical (unpaired) electrons. The number of carbonyl (C=O) groups excluding carboxylic acids is 1. The third-order valence-electron chi connectivity index (χ3n) is 5.66. The van der Waals surface area contributed by atoms with Crippen LogP contribution in [0.4, 0.5) is 0 Å². The molecule has 3 atom stereocenters. The van der Waals surface area contributed by atoms with Crippen LogP contribution in [0.1, 0.15) is 43.7 Å². The number of fused-ring (bicyclic) bond motifs is 1. The molecule has 1 aliphatic carbocycles. The Labute approximate surface area is 146 Å². The van der Waals surface area contributed by atoms with Crippen LogP contribution >= 0.6 is 12.4 Å². The fraction of sp³-hybridized carbons (Fsp3) is 0.632. The van der Waals surface area contributed by atoms with Crippen molar-refractivity contribution in [2.24, 2.45) is 11.3 Å². The zero-order valence-corrected chi connectivity index (χ0v) is 15.0. The molecule has 4 heteroatoms. The lowest BCUT2D eigenvalue weighted by Gasteiger charge is -2.38. The molecule has 1 amide bonds. The summed E-state index contributed by atoms with van der Waals surface area (Å²) in [7, 11) is 0. The number of aryl methyl sites for hydroxylation is 1. The first-order chi connectivity index (χ1) is 10.6. The molecule has 3 nitrogen and oxygen atoms in total. The maximum Gasteiger partial charge on any atom is 0.228 e. The molecule has 3 rings (SSSR count). The summed E-state index contributed by atoms with van der Waals surface area (Å²) in [5.41, 5.74) is 2.50. The van der Waals surface area contributed by atoms with Crippen LogP contribution < -0.4 is 10.6 Å². The summed E-state index contributed by atoms with van der Waals surface area (Å²) in [4.78, 5) is 12.9. The number of amides is 1. The standard InChI is InChI=1S/C19H28N2O.ClH/c1-14-7-3-4-8-16(14)11-15(2)21-18(22)19-10-6-5-9-17(19)12-20-13-19;/h3-4,7-8,15,17,20H,5-6,9-13H2,1-2H3,(H,21,22);1H/t15?,17-,19+;/m0./s1. The third-order valence-corrected chi connectivity index (χ3v) is 5.66. The Bertz CT molecular complexity index is 548. The van der Waals surface area contributed by atoms with Crippen LogP contribution in [-0.4, -0.2) is 25.0 Å². The lowest BCUT2D eigenvalue weighted by atomic mass is 9.67. The van der Waals surface area contributed by atoms with Crippen molar-refractivity contribution in [1.82, 2.24) is 10.6 Å². The van der Waals surface area contributed by atoms with Crippen LogP contribution in [0.3, 0.4) is 0 Å². The van der Waals surface area contributed by atoms with Crippen molar-refractivity contribution in [1.29, 1.82) is 0 Å². The van der Waals surface area contributed by atoms with E-state index in [0.29, 0.717) is 5.92 Å². The molecule has 23 heavy (non-hydrogen) atoms. The monoisotopic (exact) mass is 336 g/mol. The molecule has 2 aliphatic rings. The van der Waals surface area contributed by atoms with E-state index in [1.807, 2.05) is 0 Å². The number of nitrogens with one attached hydrogen (secondary N) is 2. The molecule has 1 aromatic carbocycles. The second kappa shape index (κ2) is 7.67. The Morgan fingerprint density at radius 3 is 2.96 bits per heavy atom. The molecule has 1 unspecified atom stereocenters.